The van der Waals surface area contributed by atoms with Crippen molar-refractivity contribution in [2.75, 3.05) is 14.2 Å². The third kappa shape index (κ3) is 4.15. The molecule has 0 N–H and O–H groups in total. The smallest absolute Gasteiger partial charge is 0.339 e. The van der Waals surface area contributed by atoms with Gasteiger partial charge in [-0.15, -0.1) is 0 Å². The summed E-state index contributed by atoms with van der Waals surface area (Å²) >= 11 is 0. The van der Waals surface area contributed by atoms with Gasteiger partial charge in [0, 0.05) is 11.1 Å². The van der Waals surface area contributed by atoms with Gasteiger partial charge in [0.25, 0.3) is 0 Å². The van der Waals surface area contributed by atoms with Gasteiger partial charge in [-0.3, -0.25) is 4.79 Å². The molecule has 0 spiro atoms. The lowest BCUT2D eigenvalue weighted by molar-refractivity contribution is 0.0318. The molecule has 132 valence electrons. The first-order chi connectivity index (χ1) is 11.9. The van der Waals surface area contributed by atoms with Crippen LogP contribution in [0, 0.1) is 12.7 Å². The highest BCUT2D eigenvalue weighted by atomic mass is 19.1. The molecule has 2 aromatic carbocycles. The molecule has 0 saturated heterocycles. The van der Waals surface area contributed by atoms with Gasteiger partial charge in [0.1, 0.15) is 17.3 Å². The highest BCUT2D eigenvalue weighted by molar-refractivity contribution is 6.01. The Balaban J connectivity index is 2.18. The Morgan fingerprint density at radius 3 is 1.96 bits per heavy atom. The molecule has 0 amide bonds. The number of halogens is 1. The van der Waals surface area contributed by atoms with Crippen LogP contribution in [0.2, 0.25) is 0 Å². The Labute approximate surface area is 145 Å². The lowest BCUT2D eigenvalue weighted by atomic mass is 10.1. The first kappa shape index (κ1) is 18.4. The molecule has 0 radical (unpaired) electrons. The quantitative estimate of drug-likeness (QED) is 0.591. The van der Waals surface area contributed by atoms with Crippen LogP contribution in [-0.2, 0) is 4.74 Å². The van der Waals surface area contributed by atoms with Crippen LogP contribution in [0.15, 0.2) is 36.4 Å². The van der Waals surface area contributed by atoms with Crippen LogP contribution in [0.1, 0.15) is 33.2 Å². The summed E-state index contributed by atoms with van der Waals surface area (Å²) in [4.78, 5) is 24.6. The minimum Gasteiger partial charge on any atom is -0.496 e. The van der Waals surface area contributed by atoms with Crippen LogP contribution in [-0.4, -0.2) is 32.1 Å². The van der Waals surface area contributed by atoms with Crippen molar-refractivity contribution in [2.24, 2.45) is 0 Å². The number of carbonyl (C=O) groups excluding carboxylic acids is 2. The van der Waals surface area contributed by atoms with E-state index in [9.17, 15) is 14.0 Å². The molecule has 1 atom stereocenters. The number of ketones is 1. The average molecular weight is 346 g/mol. The molecule has 0 bridgehead atoms. The Morgan fingerprint density at radius 1 is 0.960 bits per heavy atom. The topological polar surface area (TPSA) is 61.8 Å². The molecule has 2 rings (SSSR count). The standard InChI is InChI=1S/C19H19FO5/c1-11-16(23-3)9-14(10-17(11)24-4)19(22)25-12(2)18(21)13-5-7-15(20)8-6-13/h5-10,12H,1-4H3. The molecule has 0 aliphatic heterocycles. The van der Waals surface area contributed by atoms with E-state index in [1.165, 1.54) is 57.5 Å². The molecule has 0 aromatic heterocycles. The number of Topliss-reactive ketones (excluding diaryl/α,β-unsaturated/α-hetero) is 1. The van der Waals surface area contributed by atoms with Gasteiger partial charge >= 0.3 is 5.97 Å². The number of rotatable bonds is 6. The SMILES string of the molecule is COc1cc(C(=O)OC(C)C(=O)c2ccc(F)cc2)cc(OC)c1C. The molecule has 0 fully saturated rings. The van der Waals surface area contributed by atoms with Gasteiger partial charge in [-0.1, -0.05) is 0 Å². The number of hydrogen-bond donors (Lipinski definition) is 0. The van der Waals surface area contributed by atoms with Gasteiger partial charge in [-0.25, -0.2) is 9.18 Å². The van der Waals surface area contributed by atoms with E-state index in [2.05, 4.69) is 0 Å². The van der Waals surface area contributed by atoms with Crippen molar-refractivity contribution in [1.82, 2.24) is 0 Å². The monoisotopic (exact) mass is 346 g/mol. The predicted octanol–water partition coefficient (Wildman–Crippen LogP) is 3.58. The van der Waals surface area contributed by atoms with E-state index in [1.807, 2.05) is 0 Å². The maximum absolute atomic E-state index is 12.9. The summed E-state index contributed by atoms with van der Waals surface area (Å²) in [7, 11) is 2.97. The normalized spacial score (nSPS) is 11.6. The van der Waals surface area contributed by atoms with E-state index < -0.39 is 23.7 Å². The zero-order chi connectivity index (χ0) is 18.6. The summed E-state index contributed by atoms with van der Waals surface area (Å²) in [6, 6.07) is 8.10. The van der Waals surface area contributed by atoms with Crippen LogP contribution in [0.25, 0.3) is 0 Å². The van der Waals surface area contributed by atoms with E-state index in [1.54, 1.807) is 6.92 Å². The number of hydrogen-bond acceptors (Lipinski definition) is 5. The molecule has 0 heterocycles. The number of carbonyl (C=O) groups is 2. The first-order valence-electron chi connectivity index (χ1n) is 7.60. The zero-order valence-corrected chi connectivity index (χ0v) is 14.5. The van der Waals surface area contributed by atoms with Gasteiger partial charge in [-0.2, -0.15) is 0 Å². The summed E-state index contributed by atoms with van der Waals surface area (Å²) in [5.74, 6) is -0.591. The van der Waals surface area contributed by atoms with Crippen LogP contribution in [0.4, 0.5) is 4.39 Å². The number of benzene rings is 2. The number of ether oxygens (including phenoxy) is 3. The molecule has 0 saturated carbocycles. The summed E-state index contributed by atoms with van der Waals surface area (Å²) in [5, 5.41) is 0. The molecule has 0 aliphatic rings. The molecule has 0 aliphatic carbocycles. The van der Waals surface area contributed by atoms with Crippen LogP contribution < -0.4 is 9.47 Å². The van der Waals surface area contributed by atoms with Gasteiger partial charge in [-0.05, 0) is 50.2 Å². The third-order valence-corrected chi connectivity index (χ3v) is 3.77. The van der Waals surface area contributed by atoms with Crippen molar-refractivity contribution in [1.29, 1.82) is 0 Å². The van der Waals surface area contributed by atoms with Crippen molar-refractivity contribution in [2.45, 2.75) is 20.0 Å². The average Bonchev–Trinajstić information content (AvgIpc) is 2.61. The van der Waals surface area contributed by atoms with Crippen LogP contribution in [0.5, 0.6) is 11.5 Å². The van der Waals surface area contributed by atoms with Crippen molar-refractivity contribution < 1.29 is 28.2 Å². The van der Waals surface area contributed by atoms with E-state index in [4.69, 9.17) is 14.2 Å². The number of esters is 1. The van der Waals surface area contributed by atoms with Crippen LogP contribution >= 0.6 is 0 Å². The molecule has 2 aromatic rings. The molecular weight excluding hydrogens is 327 g/mol. The fourth-order valence-electron chi connectivity index (χ4n) is 2.33. The van der Waals surface area contributed by atoms with Crippen molar-refractivity contribution in [3.05, 3.63) is 58.9 Å². The second-order valence-electron chi connectivity index (χ2n) is 5.42. The van der Waals surface area contributed by atoms with Gasteiger partial charge in [0.15, 0.2) is 6.10 Å². The second kappa shape index (κ2) is 7.79. The second-order valence-corrected chi connectivity index (χ2v) is 5.42. The molecule has 6 heteroatoms. The fourth-order valence-corrected chi connectivity index (χ4v) is 2.33. The van der Waals surface area contributed by atoms with Crippen molar-refractivity contribution in [3.63, 3.8) is 0 Å². The van der Waals surface area contributed by atoms with E-state index >= 15 is 0 Å². The molecule has 25 heavy (non-hydrogen) atoms. The Hall–Kier alpha value is -2.89. The summed E-state index contributed by atoms with van der Waals surface area (Å²) < 4.78 is 28.6. The van der Waals surface area contributed by atoms with Crippen molar-refractivity contribution >= 4 is 11.8 Å². The zero-order valence-electron chi connectivity index (χ0n) is 14.5. The minimum atomic E-state index is -1.02. The Kier molecular flexibility index (Phi) is 5.75. The highest BCUT2D eigenvalue weighted by Gasteiger charge is 2.22. The molecule has 5 nitrogen and oxygen atoms in total. The summed E-state index contributed by atoms with van der Waals surface area (Å²) in [5.41, 5.74) is 1.22. The third-order valence-electron chi connectivity index (χ3n) is 3.77. The summed E-state index contributed by atoms with van der Waals surface area (Å²) in [6.45, 7) is 3.26. The summed E-state index contributed by atoms with van der Waals surface area (Å²) in [6.07, 6.45) is -1.02. The molecule has 1 unspecified atom stereocenters. The predicted molar refractivity (Wildman–Crippen MR) is 89.9 cm³/mol. The Bertz CT molecular complexity index is 758. The van der Waals surface area contributed by atoms with Crippen LogP contribution in [0.3, 0.4) is 0 Å². The lowest BCUT2D eigenvalue weighted by Gasteiger charge is -2.15. The number of methoxy groups -OCH3 is 2. The van der Waals surface area contributed by atoms with E-state index in [0.29, 0.717) is 11.5 Å². The Morgan fingerprint density at radius 2 is 1.48 bits per heavy atom. The van der Waals surface area contributed by atoms with E-state index in [0.717, 1.165) is 5.56 Å². The molecular formula is C19H19FO5. The maximum atomic E-state index is 12.9. The first-order valence-corrected chi connectivity index (χ1v) is 7.60. The maximum Gasteiger partial charge on any atom is 0.339 e. The van der Waals surface area contributed by atoms with Gasteiger partial charge in [0.2, 0.25) is 5.78 Å². The van der Waals surface area contributed by atoms with Gasteiger partial charge in [0.05, 0.1) is 19.8 Å². The van der Waals surface area contributed by atoms with Crippen molar-refractivity contribution in [3.8, 4) is 11.5 Å². The van der Waals surface area contributed by atoms with E-state index in [-0.39, 0.29) is 11.1 Å². The fraction of sp³-hybridized carbons (Fsp3) is 0.263. The van der Waals surface area contributed by atoms with Gasteiger partial charge < -0.3 is 14.2 Å². The largest absolute Gasteiger partial charge is 0.496 e. The highest BCUT2D eigenvalue weighted by Crippen LogP contribution is 2.30. The lowest BCUT2D eigenvalue weighted by Crippen LogP contribution is -2.24. The minimum absolute atomic E-state index is 0.207.